The topological polar surface area (TPSA) is 111 Å². The van der Waals surface area contributed by atoms with Crippen LogP contribution in [-0.2, 0) is 35.5 Å². The number of amides is 2. The molecule has 1 aliphatic rings. The zero-order valence-electron chi connectivity index (χ0n) is 26.7. The van der Waals surface area contributed by atoms with Crippen LogP contribution in [0.5, 0.6) is 11.5 Å². The van der Waals surface area contributed by atoms with Crippen LogP contribution in [0.2, 0.25) is 0 Å². The molecule has 5 aromatic rings. The third-order valence-corrected chi connectivity index (χ3v) is 9.87. The van der Waals surface area contributed by atoms with Crippen molar-refractivity contribution in [3.05, 3.63) is 124 Å². The fraction of sp³-hybridized carbons (Fsp3) is 0.250. The summed E-state index contributed by atoms with van der Waals surface area (Å²) in [6, 6.07) is 29.1. The first-order chi connectivity index (χ1) is 23.5. The van der Waals surface area contributed by atoms with Gasteiger partial charge in [-0.25, -0.2) is 5.01 Å². The van der Waals surface area contributed by atoms with Gasteiger partial charge in [-0.3, -0.25) is 9.59 Å². The lowest BCUT2D eigenvalue weighted by Gasteiger charge is -2.24. The normalized spacial score (nSPS) is 14.1. The first-order valence-electron chi connectivity index (χ1n) is 15.6. The number of para-hydroxylation sites is 1. The van der Waals surface area contributed by atoms with E-state index < -0.39 is 0 Å². The van der Waals surface area contributed by atoms with Crippen LogP contribution in [0.4, 0.5) is 0 Å². The molecular weight excluding hydrogens is 645 g/mol. The number of hydrogen-bond donors (Lipinski definition) is 1. The lowest BCUT2D eigenvalue weighted by molar-refractivity contribution is -0.130. The smallest absolute Gasteiger partial charge is 0.253 e. The van der Waals surface area contributed by atoms with E-state index in [4.69, 9.17) is 14.6 Å². The first kappa shape index (κ1) is 33.0. The summed E-state index contributed by atoms with van der Waals surface area (Å²) in [4.78, 5) is 27.7. The number of hydrogen-bond acceptors (Lipinski definition) is 9. The molecular formula is C36H36N6O4S2. The number of benzene rings is 3. The number of aryl methyl sites for hydroxylation is 1. The fourth-order valence-corrected chi connectivity index (χ4v) is 7.19. The van der Waals surface area contributed by atoms with Crippen molar-refractivity contribution in [2.45, 2.75) is 43.6 Å². The highest BCUT2D eigenvalue weighted by atomic mass is 32.2. The Morgan fingerprint density at radius 1 is 0.917 bits per heavy atom. The molecule has 0 aliphatic carbocycles. The van der Waals surface area contributed by atoms with E-state index in [1.54, 1.807) is 30.6 Å². The summed E-state index contributed by atoms with van der Waals surface area (Å²) >= 11 is 2.90. The van der Waals surface area contributed by atoms with Crippen molar-refractivity contribution in [3.8, 4) is 11.5 Å². The number of hydrazone groups is 1. The molecule has 0 saturated carbocycles. The summed E-state index contributed by atoms with van der Waals surface area (Å²) in [5.41, 5.74) is 3.77. The molecule has 0 unspecified atom stereocenters. The van der Waals surface area contributed by atoms with Crippen LogP contribution in [0.1, 0.15) is 39.9 Å². The van der Waals surface area contributed by atoms with Gasteiger partial charge >= 0.3 is 0 Å². The third-order valence-electron chi connectivity index (χ3n) is 8.00. The third kappa shape index (κ3) is 7.77. The van der Waals surface area contributed by atoms with Gasteiger partial charge in [0.1, 0.15) is 0 Å². The molecule has 10 nitrogen and oxygen atoms in total. The number of methoxy groups -OCH3 is 2. The Morgan fingerprint density at radius 3 is 2.40 bits per heavy atom. The second kappa shape index (κ2) is 15.8. The summed E-state index contributed by atoms with van der Waals surface area (Å²) in [6.07, 6.45) is 1.56. The quantitative estimate of drug-likeness (QED) is 0.145. The zero-order valence-corrected chi connectivity index (χ0v) is 28.4. The number of nitrogens with zero attached hydrogens (tertiary/aromatic N) is 5. The number of thioether (sulfide) groups is 1. The molecule has 6 rings (SSSR count). The maximum absolute atomic E-state index is 14.0. The van der Waals surface area contributed by atoms with Crippen molar-refractivity contribution in [2.24, 2.45) is 5.10 Å². The van der Waals surface area contributed by atoms with Crippen LogP contribution in [0.3, 0.4) is 0 Å². The Balaban J connectivity index is 1.21. The van der Waals surface area contributed by atoms with Crippen LogP contribution >= 0.6 is 23.1 Å². The van der Waals surface area contributed by atoms with Gasteiger partial charge in [0.25, 0.3) is 5.91 Å². The van der Waals surface area contributed by atoms with Gasteiger partial charge in [-0.05, 0) is 35.1 Å². The van der Waals surface area contributed by atoms with Crippen molar-refractivity contribution in [1.82, 2.24) is 25.1 Å². The van der Waals surface area contributed by atoms with Crippen molar-refractivity contribution in [3.63, 3.8) is 0 Å². The molecule has 12 heteroatoms. The number of aromatic nitrogens is 3. The minimum atomic E-state index is -0.369. The largest absolute Gasteiger partial charge is 0.493 e. The highest BCUT2D eigenvalue weighted by Gasteiger charge is 2.36. The molecule has 0 radical (unpaired) electrons. The van der Waals surface area contributed by atoms with E-state index >= 15 is 0 Å². The van der Waals surface area contributed by atoms with Gasteiger partial charge in [0.2, 0.25) is 5.91 Å². The van der Waals surface area contributed by atoms with Crippen molar-refractivity contribution >= 4 is 40.6 Å². The lowest BCUT2D eigenvalue weighted by atomic mass is 9.99. The van der Waals surface area contributed by atoms with Gasteiger partial charge in [-0.2, -0.15) is 5.10 Å². The second-order valence-corrected chi connectivity index (χ2v) is 13.0. The number of rotatable bonds is 14. The van der Waals surface area contributed by atoms with Gasteiger partial charge < -0.3 is 19.4 Å². The molecule has 246 valence electrons. The highest BCUT2D eigenvalue weighted by Crippen LogP contribution is 2.42. The molecule has 3 heterocycles. The van der Waals surface area contributed by atoms with Gasteiger partial charge in [0, 0.05) is 18.5 Å². The molecule has 2 aromatic heterocycles. The van der Waals surface area contributed by atoms with Gasteiger partial charge in [-0.15, -0.1) is 21.5 Å². The Morgan fingerprint density at radius 2 is 1.69 bits per heavy atom. The summed E-state index contributed by atoms with van der Waals surface area (Å²) in [6.45, 7) is 0.811. The van der Waals surface area contributed by atoms with Gasteiger partial charge in [0.15, 0.2) is 22.5 Å². The summed E-state index contributed by atoms with van der Waals surface area (Å²) in [5, 5.41) is 20.9. The van der Waals surface area contributed by atoms with Gasteiger partial charge in [-0.1, -0.05) is 90.6 Å². The van der Waals surface area contributed by atoms with Crippen LogP contribution in [-0.4, -0.2) is 57.3 Å². The predicted molar refractivity (Wildman–Crippen MR) is 187 cm³/mol. The molecule has 1 aliphatic heterocycles. The van der Waals surface area contributed by atoms with Crippen molar-refractivity contribution in [2.75, 3.05) is 20.0 Å². The Bertz CT molecular complexity index is 1860. The summed E-state index contributed by atoms with van der Waals surface area (Å²) in [5.74, 6) is 1.62. The Hall–Kier alpha value is -4.94. The summed E-state index contributed by atoms with van der Waals surface area (Å²) in [7, 11) is 3.20. The molecule has 0 spiro atoms. The van der Waals surface area contributed by atoms with Crippen LogP contribution in [0.15, 0.2) is 107 Å². The van der Waals surface area contributed by atoms with E-state index in [0.29, 0.717) is 35.4 Å². The molecule has 1 atom stereocenters. The van der Waals surface area contributed by atoms with Crippen LogP contribution < -0.4 is 14.8 Å². The summed E-state index contributed by atoms with van der Waals surface area (Å²) < 4.78 is 13.3. The van der Waals surface area contributed by atoms with E-state index in [0.717, 1.165) is 28.1 Å². The SMILES string of the molecule is COc1cccc([C@@H]2CC(c3cccs3)=NN2C(=O)CSc2nnc(CNC(=O)Cc3ccccc3)n2CCc2ccccc2)c1OC. The fourth-order valence-electron chi connectivity index (χ4n) is 5.63. The van der Waals surface area contributed by atoms with E-state index in [1.165, 1.54) is 17.3 Å². The number of thiophene rings is 1. The highest BCUT2D eigenvalue weighted by molar-refractivity contribution is 7.99. The van der Waals surface area contributed by atoms with E-state index in [1.807, 2.05) is 88.8 Å². The number of nitrogens with one attached hydrogen (secondary N) is 1. The zero-order chi connectivity index (χ0) is 33.3. The van der Waals surface area contributed by atoms with E-state index in [9.17, 15) is 9.59 Å². The van der Waals surface area contributed by atoms with Crippen molar-refractivity contribution in [1.29, 1.82) is 0 Å². The first-order valence-corrected chi connectivity index (χ1v) is 17.4. The molecule has 1 N–H and O–H groups in total. The van der Waals surface area contributed by atoms with E-state index in [2.05, 4.69) is 27.6 Å². The van der Waals surface area contributed by atoms with Crippen LogP contribution in [0.25, 0.3) is 0 Å². The molecule has 0 bridgehead atoms. The molecule has 3 aromatic carbocycles. The number of carbonyl (C=O) groups is 2. The van der Waals surface area contributed by atoms with Gasteiger partial charge in [0.05, 0.1) is 49.6 Å². The lowest BCUT2D eigenvalue weighted by Crippen LogP contribution is -2.29. The number of carbonyl (C=O) groups excluding carboxylic acids is 2. The Kier molecular flexibility index (Phi) is 10.8. The standard InChI is InChI=1S/C36H36N6O4S2/c1-45-30-16-9-15-27(35(30)46-2)29-22-28(31-17-10-20-47-31)40-42(29)34(44)24-48-36-39-38-32(41(36)19-18-25-11-5-3-6-12-25)23-37-33(43)21-26-13-7-4-8-14-26/h3-17,20,29H,18-19,21-24H2,1-2H3,(H,37,43)/t29-/m0/s1. The number of ether oxygens (including phenoxy) is 2. The maximum atomic E-state index is 14.0. The van der Waals surface area contributed by atoms with E-state index in [-0.39, 0.29) is 36.6 Å². The minimum Gasteiger partial charge on any atom is -0.493 e. The van der Waals surface area contributed by atoms with Crippen LogP contribution in [0, 0.1) is 0 Å². The second-order valence-electron chi connectivity index (χ2n) is 11.1. The molecule has 0 fully saturated rings. The average molecular weight is 681 g/mol. The van der Waals surface area contributed by atoms with Crippen molar-refractivity contribution < 1.29 is 19.1 Å². The molecule has 2 amide bonds. The Labute approximate surface area is 287 Å². The monoisotopic (exact) mass is 680 g/mol. The molecule has 0 saturated heterocycles. The maximum Gasteiger partial charge on any atom is 0.253 e. The average Bonchev–Trinajstić information content (AvgIpc) is 3.90. The minimum absolute atomic E-state index is 0.0911. The molecule has 48 heavy (non-hydrogen) atoms. The predicted octanol–water partition coefficient (Wildman–Crippen LogP) is 5.93.